The van der Waals surface area contributed by atoms with Crippen molar-refractivity contribution in [1.29, 1.82) is 5.26 Å². The quantitative estimate of drug-likeness (QED) is 0.200. The minimum atomic E-state index is -2.55. The van der Waals surface area contributed by atoms with Crippen molar-refractivity contribution in [2.45, 2.75) is 70.6 Å². The maximum Gasteiger partial charge on any atom is 0.329 e. The predicted molar refractivity (Wildman–Crippen MR) is 170 cm³/mol. The summed E-state index contributed by atoms with van der Waals surface area (Å²) in [7, 11) is 0.921. The summed E-state index contributed by atoms with van der Waals surface area (Å²) >= 11 is 0. The van der Waals surface area contributed by atoms with Gasteiger partial charge in [-0.3, -0.25) is 4.68 Å². The van der Waals surface area contributed by atoms with Crippen LogP contribution in [0.15, 0.2) is 30.6 Å². The molecule has 0 fully saturated rings. The highest BCUT2D eigenvalue weighted by Gasteiger charge is 2.44. The first-order valence-electron chi connectivity index (χ1n) is 14.4. The van der Waals surface area contributed by atoms with E-state index < -0.39 is 26.7 Å². The molecule has 1 aliphatic rings. The number of halogens is 2. The second-order valence-electron chi connectivity index (χ2n) is 12.8. The van der Waals surface area contributed by atoms with E-state index in [-0.39, 0.29) is 11.0 Å². The number of nitriles is 1. The van der Waals surface area contributed by atoms with Gasteiger partial charge in [-0.2, -0.15) is 10.4 Å². The lowest BCUT2D eigenvalue weighted by molar-refractivity contribution is 0.121. The number of nitrogens with one attached hydrogen (secondary N) is 1. The third kappa shape index (κ3) is 7.17. The smallest absolute Gasteiger partial charge is 0.329 e. The summed E-state index contributed by atoms with van der Waals surface area (Å²) in [5.74, 6) is 0.247. The first-order chi connectivity index (χ1) is 20.7. The molecule has 2 aromatic heterocycles. The molecule has 0 saturated carbocycles. The van der Waals surface area contributed by atoms with Crippen molar-refractivity contribution in [2.24, 2.45) is 0 Å². The van der Waals surface area contributed by atoms with Crippen molar-refractivity contribution in [2.75, 3.05) is 37.0 Å². The van der Waals surface area contributed by atoms with Gasteiger partial charge in [0.25, 0.3) is 6.43 Å². The van der Waals surface area contributed by atoms with Crippen LogP contribution in [0.4, 0.5) is 26.1 Å². The van der Waals surface area contributed by atoms with Crippen molar-refractivity contribution < 1.29 is 22.7 Å². The molecule has 0 amide bonds. The molecule has 0 unspecified atom stereocenters. The van der Waals surface area contributed by atoms with Crippen LogP contribution >= 0.6 is 0 Å². The van der Waals surface area contributed by atoms with E-state index in [9.17, 15) is 18.8 Å². The number of ether oxygens (including phenoxy) is 1. The van der Waals surface area contributed by atoms with Crippen LogP contribution in [-0.4, -0.2) is 75.0 Å². The Morgan fingerprint density at radius 3 is 2.70 bits per heavy atom. The average Bonchev–Trinajstić information content (AvgIpc) is 3.46. The maximum absolute atomic E-state index is 13.0. The number of hydrogen-bond acceptors (Lipinski definition) is 9. The number of hydrogen-bond donors (Lipinski definition) is 1. The molecule has 1 radical (unpaired) electrons. The average molecular weight is 623 g/mol. The molecule has 10 nitrogen and oxygen atoms in total. The Morgan fingerprint density at radius 2 is 2.07 bits per heavy atom. The molecule has 1 aromatic carbocycles. The first kappa shape index (κ1) is 33.2. The molecule has 14 heteroatoms. The summed E-state index contributed by atoms with van der Waals surface area (Å²) in [5, 5.41) is 17.6. The molecule has 0 aliphatic carbocycles. The van der Waals surface area contributed by atoms with Crippen LogP contribution in [0, 0.1) is 11.3 Å². The number of methoxy groups -OCH3 is 1. The van der Waals surface area contributed by atoms with Gasteiger partial charge >= 0.3 is 7.41 Å². The van der Waals surface area contributed by atoms with Gasteiger partial charge in [-0.25, -0.2) is 18.7 Å². The molecule has 1 aliphatic heterocycles. The highest BCUT2D eigenvalue weighted by Crippen LogP contribution is 2.46. The van der Waals surface area contributed by atoms with Crippen LogP contribution in [0.3, 0.4) is 0 Å². The van der Waals surface area contributed by atoms with Crippen molar-refractivity contribution in [1.82, 2.24) is 19.7 Å². The fraction of sp³-hybridized carbons (Fsp3) is 0.500. The number of carbonyl (C=O) groups is 1. The van der Waals surface area contributed by atoms with Crippen molar-refractivity contribution >= 4 is 39.2 Å². The van der Waals surface area contributed by atoms with Gasteiger partial charge in [-0.15, -0.1) is 0 Å². The zero-order chi connectivity index (χ0) is 32.3. The van der Waals surface area contributed by atoms with Crippen LogP contribution in [-0.2, 0) is 32.3 Å². The Hall–Kier alpha value is -3.67. The number of alkyl halides is 2. The van der Waals surface area contributed by atoms with Crippen LogP contribution in [0.5, 0.6) is 0 Å². The summed E-state index contributed by atoms with van der Waals surface area (Å²) in [5.41, 5.74) is 3.80. The molecule has 44 heavy (non-hydrogen) atoms. The standard InChI is InChI=1S/C30H39BF2N7O3Si/c1-29(2,3)44(6,7)43-18-30(4)17-40(31-19-41)27-21(14-34)12-20(13-22(27)30)23-8-10-35-28(36-23)37-25-15-39(16-26(32)33)38-24(25)9-11-42-5/h8,10,12-13,15,19,26H,9,11,16-18H2,1-7H3,(H,35,36,37)/t30-/m1/s1. The van der Waals surface area contributed by atoms with Crippen molar-refractivity contribution in [3.8, 4) is 17.3 Å². The monoisotopic (exact) mass is 622 g/mol. The number of aromatic nitrogens is 4. The van der Waals surface area contributed by atoms with E-state index in [4.69, 9.17) is 14.1 Å². The Kier molecular flexibility index (Phi) is 9.92. The predicted octanol–water partition coefficient (Wildman–Crippen LogP) is 5.32. The number of fused-ring (bicyclic) bond motifs is 1. The number of anilines is 3. The fourth-order valence-electron chi connectivity index (χ4n) is 4.94. The summed E-state index contributed by atoms with van der Waals surface area (Å²) in [4.78, 5) is 22.4. The Bertz CT molecular complexity index is 1540. The summed E-state index contributed by atoms with van der Waals surface area (Å²) in [6.07, 6.45) is 1.68. The third-order valence-corrected chi connectivity index (χ3v) is 12.9. The van der Waals surface area contributed by atoms with E-state index in [1.165, 1.54) is 18.3 Å². The van der Waals surface area contributed by atoms with Crippen molar-refractivity contribution in [3.63, 3.8) is 0 Å². The maximum atomic E-state index is 13.0. The minimum absolute atomic E-state index is 0.0167. The van der Waals surface area contributed by atoms with Crippen LogP contribution in [0.2, 0.25) is 18.1 Å². The summed E-state index contributed by atoms with van der Waals surface area (Å²) in [6.45, 7) is 13.8. The second kappa shape index (κ2) is 13.1. The van der Waals surface area contributed by atoms with Crippen LogP contribution in [0.1, 0.15) is 44.5 Å². The van der Waals surface area contributed by atoms with Crippen LogP contribution in [0.25, 0.3) is 11.3 Å². The van der Waals surface area contributed by atoms with Gasteiger partial charge in [0.2, 0.25) is 5.95 Å². The van der Waals surface area contributed by atoms with E-state index >= 15 is 0 Å². The van der Waals surface area contributed by atoms with E-state index in [2.05, 4.69) is 62.3 Å². The molecule has 3 aromatic rings. The Morgan fingerprint density at radius 1 is 1.32 bits per heavy atom. The van der Waals surface area contributed by atoms with E-state index in [1.54, 1.807) is 25.4 Å². The fourth-order valence-corrected chi connectivity index (χ4v) is 6.05. The van der Waals surface area contributed by atoms with Gasteiger partial charge in [0, 0.05) is 55.7 Å². The van der Waals surface area contributed by atoms with E-state index in [0.29, 0.717) is 60.1 Å². The number of nitrogens with zero attached hydrogens (tertiary/aromatic N) is 6. The molecule has 233 valence electrons. The number of benzene rings is 1. The molecule has 0 spiro atoms. The van der Waals surface area contributed by atoms with Gasteiger partial charge < -0.3 is 24.1 Å². The van der Waals surface area contributed by atoms with Crippen LogP contribution < -0.4 is 10.1 Å². The largest absolute Gasteiger partial charge is 0.416 e. The Balaban J connectivity index is 1.72. The zero-order valence-electron chi connectivity index (χ0n) is 26.3. The molecule has 1 N–H and O–H groups in total. The lowest BCUT2D eigenvalue weighted by atomic mass is 9.83. The second-order valence-corrected chi connectivity index (χ2v) is 17.6. The van der Waals surface area contributed by atoms with Crippen molar-refractivity contribution in [3.05, 3.63) is 47.4 Å². The Labute approximate surface area is 259 Å². The molecule has 1 atom stereocenters. The number of carbonyl (C=O) groups excluding carboxylic acids is 1. The third-order valence-electron chi connectivity index (χ3n) is 8.39. The van der Waals surface area contributed by atoms with E-state index in [0.717, 1.165) is 11.7 Å². The molecule has 0 bridgehead atoms. The lowest BCUT2D eigenvalue weighted by Crippen LogP contribution is -2.46. The minimum Gasteiger partial charge on any atom is -0.416 e. The van der Waals surface area contributed by atoms with Gasteiger partial charge in [-0.1, -0.05) is 27.7 Å². The first-order valence-corrected chi connectivity index (χ1v) is 17.3. The SMILES string of the molecule is COCCc1nn(CC(F)F)cc1Nc1nccc(-c2cc(C#N)c3c(c2)[C@@](C)(CO[Si](C)(C)C(C)(C)C)CN3[B]C=O)n1. The molecule has 3 heterocycles. The van der Waals surface area contributed by atoms with Gasteiger partial charge in [0.05, 0.1) is 29.2 Å². The van der Waals surface area contributed by atoms with Gasteiger partial charge in [0.15, 0.2) is 8.32 Å². The van der Waals surface area contributed by atoms with Gasteiger partial charge in [0.1, 0.15) is 18.8 Å². The van der Waals surface area contributed by atoms with E-state index in [1.807, 2.05) is 10.9 Å². The van der Waals surface area contributed by atoms with Gasteiger partial charge in [-0.05, 0) is 41.9 Å². The topological polar surface area (TPSA) is 118 Å². The molecular weight excluding hydrogens is 583 g/mol. The summed E-state index contributed by atoms with van der Waals surface area (Å²) < 4.78 is 39.1. The molecule has 4 rings (SSSR count). The normalized spacial score (nSPS) is 16.6. The zero-order valence-corrected chi connectivity index (χ0v) is 27.3. The summed E-state index contributed by atoms with van der Waals surface area (Å²) in [6, 6.07) is 7.80. The molecule has 0 saturated heterocycles. The molecular formula is C30H39BF2N7O3Si. The number of rotatable bonds is 13. The lowest BCUT2D eigenvalue weighted by Gasteiger charge is -2.39. The highest BCUT2D eigenvalue weighted by molar-refractivity contribution is 6.74. The highest BCUT2D eigenvalue weighted by atomic mass is 28.4.